The predicted molar refractivity (Wildman–Crippen MR) is 88.3 cm³/mol. The molecule has 1 aromatic carbocycles. The molecule has 1 unspecified atom stereocenters. The maximum Gasteiger partial charge on any atom is 0.193 e. The second-order valence-electron chi connectivity index (χ2n) is 5.18. The molecule has 0 fully saturated rings. The van der Waals surface area contributed by atoms with Crippen molar-refractivity contribution in [3.05, 3.63) is 29.8 Å². The van der Waals surface area contributed by atoms with Crippen molar-refractivity contribution in [2.75, 3.05) is 25.5 Å². The fourth-order valence-corrected chi connectivity index (χ4v) is 1.92. The van der Waals surface area contributed by atoms with Gasteiger partial charge in [0.15, 0.2) is 5.96 Å². The number of hydrogen-bond donors (Lipinski definition) is 2. The lowest BCUT2D eigenvalue weighted by Gasteiger charge is -2.22. The fourth-order valence-electron chi connectivity index (χ4n) is 1.92. The molecule has 0 saturated heterocycles. The lowest BCUT2D eigenvalue weighted by molar-refractivity contribution is 0.259. The van der Waals surface area contributed by atoms with Gasteiger partial charge in [-0.3, -0.25) is 4.99 Å². The summed E-state index contributed by atoms with van der Waals surface area (Å²) in [6, 6.07) is 8.84. The van der Waals surface area contributed by atoms with Crippen molar-refractivity contribution in [3.8, 4) is 0 Å². The highest BCUT2D eigenvalue weighted by atomic mass is 15.1. The molecule has 0 aromatic heterocycles. The minimum Gasteiger partial charge on any atom is -0.370 e. The van der Waals surface area contributed by atoms with E-state index < -0.39 is 0 Å². The van der Waals surface area contributed by atoms with Crippen molar-refractivity contribution >= 4 is 11.6 Å². The summed E-state index contributed by atoms with van der Waals surface area (Å²) in [5.41, 5.74) is 8.20. The molecule has 3 N–H and O–H groups in total. The first-order valence-electron chi connectivity index (χ1n) is 7.42. The third-order valence-corrected chi connectivity index (χ3v) is 3.69. The highest BCUT2D eigenvalue weighted by molar-refractivity contribution is 5.92. The molecule has 0 aliphatic heterocycles. The van der Waals surface area contributed by atoms with E-state index in [9.17, 15) is 0 Å². The molecule has 1 aromatic rings. The second kappa shape index (κ2) is 8.59. The van der Waals surface area contributed by atoms with Crippen molar-refractivity contribution in [2.24, 2.45) is 10.7 Å². The van der Waals surface area contributed by atoms with Crippen molar-refractivity contribution < 1.29 is 0 Å². The number of aryl methyl sites for hydroxylation is 1. The van der Waals surface area contributed by atoms with Crippen LogP contribution in [0.25, 0.3) is 0 Å². The average Bonchev–Trinajstić information content (AvgIpc) is 2.46. The SMILES string of the molecule is CCc1cccc(NC(N)=NCCN(C)C(C)CC)c1. The number of nitrogens with two attached hydrogens (primary N) is 1. The molecular formula is C16H28N4. The molecule has 0 amide bonds. The minimum absolute atomic E-state index is 0.482. The van der Waals surface area contributed by atoms with E-state index in [0.717, 1.165) is 25.1 Å². The van der Waals surface area contributed by atoms with Crippen molar-refractivity contribution in [3.63, 3.8) is 0 Å². The molecule has 0 aliphatic rings. The first-order chi connectivity index (χ1) is 9.56. The summed E-state index contributed by atoms with van der Waals surface area (Å²) < 4.78 is 0. The van der Waals surface area contributed by atoms with Crippen LogP contribution in [0.2, 0.25) is 0 Å². The molecule has 20 heavy (non-hydrogen) atoms. The molecule has 1 rings (SSSR count). The van der Waals surface area contributed by atoms with Crippen LogP contribution in [0.4, 0.5) is 5.69 Å². The van der Waals surface area contributed by atoms with E-state index in [4.69, 9.17) is 5.73 Å². The van der Waals surface area contributed by atoms with E-state index in [0.29, 0.717) is 18.5 Å². The molecule has 112 valence electrons. The van der Waals surface area contributed by atoms with Gasteiger partial charge in [0, 0.05) is 18.3 Å². The van der Waals surface area contributed by atoms with Gasteiger partial charge in [0.05, 0.1) is 6.54 Å². The van der Waals surface area contributed by atoms with Crippen LogP contribution in [-0.2, 0) is 6.42 Å². The Kier molecular flexibility index (Phi) is 7.09. The van der Waals surface area contributed by atoms with E-state index in [1.807, 2.05) is 12.1 Å². The van der Waals surface area contributed by atoms with Gasteiger partial charge >= 0.3 is 0 Å². The fraction of sp³-hybridized carbons (Fsp3) is 0.562. The highest BCUT2D eigenvalue weighted by Gasteiger charge is 2.05. The van der Waals surface area contributed by atoms with Gasteiger partial charge in [0.2, 0.25) is 0 Å². The maximum atomic E-state index is 5.91. The van der Waals surface area contributed by atoms with E-state index in [-0.39, 0.29) is 0 Å². The molecular weight excluding hydrogens is 248 g/mol. The Bertz CT molecular complexity index is 428. The number of benzene rings is 1. The lowest BCUT2D eigenvalue weighted by Crippen LogP contribution is -2.31. The summed E-state index contributed by atoms with van der Waals surface area (Å²) in [7, 11) is 2.12. The Morgan fingerprint density at radius 3 is 2.80 bits per heavy atom. The Morgan fingerprint density at radius 1 is 1.40 bits per heavy atom. The van der Waals surface area contributed by atoms with Gasteiger partial charge in [-0.05, 0) is 44.5 Å². The lowest BCUT2D eigenvalue weighted by atomic mass is 10.1. The van der Waals surface area contributed by atoms with Gasteiger partial charge in [0.1, 0.15) is 0 Å². The van der Waals surface area contributed by atoms with Gasteiger partial charge in [0.25, 0.3) is 0 Å². The minimum atomic E-state index is 0.482. The van der Waals surface area contributed by atoms with Gasteiger partial charge in [-0.15, -0.1) is 0 Å². The number of likely N-dealkylation sites (N-methyl/N-ethyl adjacent to an activating group) is 1. The summed E-state index contributed by atoms with van der Waals surface area (Å²) in [5, 5.41) is 3.14. The maximum absolute atomic E-state index is 5.91. The molecule has 0 aliphatic carbocycles. The van der Waals surface area contributed by atoms with E-state index in [1.54, 1.807) is 0 Å². The quantitative estimate of drug-likeness (QED) is 0.595. The van der Waals surface area contributed by atoms with E-state index >= 15 is 0 Å². The number of nitrogens with one attached hydrogen (secondary N) is 1. The van der Waals surface area contributed by atoms with Crippen LogP contribution in [0.15, 0.2) is 29.3 Å². The number of anilines is 1. The molecule has 0 bridgehead atoms. The normalized spacial score (nSPS) is 13.6. The zero-order valence-corrected chi connectivity index (χ0v) is 13.2. The Hall–Kier alpha value is -1.55. The number of nitrogens with zero attached hydrogens (tertiary/aromatic N) is 2. The molecule has 4 nitrogen and oxygen atoms in total. The first kappa shape index (κ1) is 16.5. The zero-order chi connectivity index (χ0) is 15.0. The summed E-state index contributed by atoms with van der Waals surface area (Å²) in [5.74, 6) is 0.482. The van der Waals surface area contributed by atoms with Gasteiger partial charge in [-0.25, -0.2) is 0 Å². The van der Waals surface area contributed by atoms with E-state index in [2.05, 4.69) is 55.2 Å². The molecule has 0 spiro atoms. The van der Waals surface area contributed by atoms with Gasteiger partial charge < -0.3 is 16.0 Å². The van der Waals surface area contributed by atoms with Gasteiger partial charge in [-0.1, -0.05) is 26.0 Å². The van der Waals surface area contributed by atoms with Crippen molar-refractivity contribution in [2.45, 2.75) is 39.7 Å². The third-order valence-electron chi connectivity index (χ3n) is 3.69. The Balaban J connectivity index is 2.45. The Morgan fingerprint density at radius 2 is 2.15 bits per heavy atom. The van der Waals surface area contributed by atoms with Crippen LogP contribution in [-0.4, -0.2) is 37.0 Å². The van der Waals surface area contributed by atoms with Crippen LogP contribution in [0.3, 0.4) is 0 Å². The summed E-state index contributed by atoms with van der Waals surface area (Å²) in [4.78, 5) is 6.67. The monoisotopic (exact) mass is 276 g/mol. The number of rotatable bonds is 7. The average molecular weight is 276 g/mol. The largest absolute Gasteiger partial charge is 0.370 e. The standard InChI is InChI=1S/C16H28N4/c1-5-13(3)20(4)11-10-18-16(17)19-15-9-7-8-14(6-2)12-15/h7-9,12-13H,5-6,10-11H2,1-4H3,(H3,17,18,19). The number of hydrogen-bond acceptors (Lipinski definition) is 2. The summed E-state index contributed by atoms with van der Waals surface area (Å²) in [6.45, 7) is 8.20. The Labute approximate surface area is 123 Å². The van der Waals surface area contributed by atoms with E-state index in [1.165, 1.54) is 5.56 Å². The third kappa shape index (κ3) is 5.61. The summed E-state index contributed by atoms with van der Waals surface area (Å²) in [6.07, 6.45) is 2.17. The molecule has 4 heteroatoms. The van der Waals surface area contributed by atoms with Crippen molar-refractivity contribution in [1.29, 1.82) is 0 Å². The molecule has 0 saturated carbocycles. The number of aliphatic imine (C=N–C) groups is 1. The molecule has 1 atom stereocenters. The topological polar surface area (TPSA) is 53.6 Å². The predicted octanol–water partition coefficient (Wildman–Crippen LogP) is 2.71. The van der Waals surface area contributed by atoms with Crippen LogP contribution in [0, 0.1) is 0 Å². The number of guanidine groups is 1. The smallest absolute Gasteiger partial charge is 0.193 e. The molecule has 0 radical (unpaired) electrons. The van der Waals surface area contributed by atoms with Crippen molar-refractivity contribution in [1.82, 2.24) is 4.90 Å². The highest BCUT2D eigenvalue weighted by Crippen LogP contribution is 2.10. The van der Waals surface area contributed by atoms with Crippen LogP contribution < -0.4 is 11.1 Å². The van der Waals surface area contributed by atoms with Crippen LogP contribution in [0.5, 0.6) is 0 Å². The zero-order valence-electron chi connectivity index (χ0n) is 13.2. The van der Waals surface area contributed by atoms with Crippen LogP contribution >= 0.6 is 0 Å². The first-order valence-corrected chi connectivity index (χ1v) is 7.42. The van der Waals surface area contributed by atoms with Crippen LogP contribution in [0.1, 0.15) is 32.8 Å². The molecule has 0 heterocycles. The summed E-state index contributed by atoms with van der Waals surface area (Å²) >= 11 is 0. The second-order valence-corrected chi connectivity index (χ2v) is 5.18. The van der Waals surface area contributed by atoms with Gasteiger partial charge in [-0.2, -0.15) is 0 Å².